The summed E-state index contributed by atoms with van der Waals surface area (Å²) in [4.78, 5) is 13.5. The SMILES string of the molecule is CCC(Sc1ccc(Cl)cc1)C(=O)Nc1ccccc1C. The molecule has 0 heterocycles. The molecule has 0 fully saturated rings. The number of thioether (sulfide) groups is 1. The molecule has 1 unspecified atom stereocenters. The van der Waals surface area contributed by atoms with Gasteiger partial charge in [-0.25, -0.2) is 0 Å². The first kappa shape index (κ1) is 15.9. The second kappa shape index (κ2) is 7.53. The molecule has 0 aromatic heterocycles. The number of anilines is 1. The Hall–Kier alpha value is -1.45. The van der Waals surface area contributed by atoms with Gasteiger partial charge in [-0.15, -0.1) is 11.8 Å². The molecule has 1 N–H and O–H groups in total. The van der Waals surface area contributed by atoms with Crippen LogP contribution in [0.15, 0.2) is 53.4 Å². The first-order valence-electron chi connectivity index (χ1n) is 6.89. The number of carbonyl (C=O) groups excluding carboxylic acids is 1. The van der Waals surface area contributed by atoms with Crippen LogP contribution in [-0.2, 0) is 4.79 Å². The lowest BCUT2D eigenvalue weighted by atomic mass is 10.2. The molecule has 4 heteroatoms. The van der Waals surface area contributed by atoms with Crippen LogP contribution >= 0.6 is 23.4 Å². The van der Waals surface area contributed by atoms with Crippen LogP contribution in [0.3, 0.4) is 0 Å². The zero-order valence-electron chi connectivity index (χ0n) is 12.1. The monoisotopic (exact) mass is 319 g/mol. The molecule has 1 atom stereocenters. The highest BCUT2D eigenvalue weighted by molar-refractivity contribution is 8.00. The van der Waals surface area contributed by atoms with Gasteiger partial charge in [0.2, 0.25) is 5.91 Å². The van der Waals surface area contributed by atoms with Gasteiger partial charge in [0.1, 0.15) is 0 Å². The van der Waals surface area contributed by atoms with Gasteiger partial charge >= 0.3 is 0 Å². The lowest BCUT2D eigenvalue weighted by Gasteiger charge is -2.16. The summed E-state index contributed by atoms with van der Waals surface area (Å²) in [6, 6.07) is 15.4. The molecule has 1 amide bonds. The quantitative estimate of drug-likeness (QED) is 0.771. The van der Waals surface area contributed by atoms with Gasteiger partial charge < -0.3 is 5.32 Å². The van der Waals surface area contributed by atoms with Crippen molar-refractivity contribution >= 4 is 35.0 Å². The Kier molecular flexibility index (Phi) is 5.71. The number of benzene rings is 2. The largest absolute Gasteiger partial charge is 0.325 e. The molecule has 110 valence electrons. The van der Waals surface area contributed by atoms with Crippen molar-refractivity contribution in [1.29, 1.82) is 0 Å². The van der Waals surface area contributed by atoms with E-state index in [9.17, 15) is 4.79 Å². The number of hydrogen-bond acceptors (Lipinski definition) is 2. The van der Waals surface area contributed by atoms with E-state index < -0.39 is 0 Å². The highest BCUT2D eigenvalue weighted by atomic mass is 35.5. The van der Waals surface area contributed by atoms with Crippen LogP contribution < -0.4 is 5.32 Å². The number of amides is 1. The molecule has 2 nitrogen and oxygen atoms in total. The Labute approximate surface area is 134 Å². The van der Waals surface area contributed by atoms with Gasteiger partial charge in [0, 0.05) is 15.6 Å². The fraction of sp³-hybridized carbons (Fsp3) is 0.235. The van der Waals surface area contributed by atoms with Gasteiger partial charge in [-0.3, -0.25) is 4.79 Å². The maximum absolute atomic E-state index is 12.4. The van der Waals surface area contributed by atoms with E-state index in [0.717, 1.165) is 22.6 Å². The van der Waals surface area contributed by atoms with Crippen LogP contribution in [0.4, 0.5) is 5.69 Å². The predicted molar refractivity (Wildman–Crippen MR) is 91.2 cm³/mol. The van der Waals surface area contributed by atoms with Gasteiger partial charge in [-0.05, 0) is 49.2 Å². The van der Waals surface area contributed by atoms with Crippen molar-refractivity contribution in [1.82, 2.24) is 0 Å². The van der Waals surface area contributed by atoms with Crippen molar-refractivity contribution in [2.45, 2.75) is 30.4 Å². The Bertz CT molecular complexity index is 612. The molecular weight excluding hydrogens is 302 g/mol. The van der Waals surface area contributed by atoms with Crippen molar-refractivity contribution in [3.63, 3.8) is 0 Å². The van der Waals surface area contributed by atoms with Crippen molar-refractivity contribution in [2.75, 3.05) is 5.32 Å². The van der Waals surface area contributed by atoms with Crippen molar-refractivity contribution in [3.8, 4) is 0 Å². The number of hydrogen-bond donors (Lipinski definition) is 1. The van der Waals surface area contributed by atoms with Gasteiger partial charge in [0.15, 0.2) is 0 Å². The number of halogens is 1. The molecule has 2 aromatic carbocycles. The number of carbonyl (C=O) groups is 1. The van der Waals surface area contributed by atoms with Crippen molar-refractivity contribution in [2.24, 2.45) is 0 Å². The minimum absolute atomic E-state index is 0.0340. The summed E-state index contributed by atoms with van der Waals surface area (Å²) in [5.74, 6) is 0.0340. The van der Waals surface area contributed by atoms with E-state index in [1.54, 1.807) is 11.8 Å². The molecule has 2 aromatic rings. The molecule has 21 heavy (non-hydrogen) atoms. The standard InChI is InChI=1S/C17H18ClNOS/c1-3-16(21-14-10-8-13(18)9-11-14)17(20)19-15-7-5-4-6-12(15)2/h4-11,16H,3H2,1-2H3,(H,19,20). The average Bonchev–Trinajstić information content (AvgIpc) is 2.49. The van der Waals surface area contributed by atoms with E-state index in [1.165, 1.54) is 0 Å². The first-order valence-corrected chi connectivity index (χ1v) is 8.14. The Morgan fingerprint density at radius 2 is 1.86 bits per heavy atom. The molecule has 0 aliphatic heterocycles. The lowest BCUT2D eigenvalue weighted by Crippen LogP contribution is -2.24. The number of para-hydroxylation sites is 1. The summed E-state index contributed by atoms with van der Waals surface area (Å²) >= 11 is 7.44. The second-order valence-electron chi connectivity index (χ2n) is 4.77. The molecule has 0 saturated heterocycles. The molecule has 0 aliphatic rings. The number of nitrogens with one attached hydrogen (secondary N) is 1. The summed E-state index contributed by atoms with van der Waals surface area (Å²) in [5.41, 5.74) is 1.94. The van der Waals surface area contributed by atoms with Crippen LogP contribution in [0.5, 0.6) is 0 Å². The third kappa shape index (κ3) is 4.51. The fourth-order valence-electron chi connectivity index (χ4n) is 1.93. The van der Waals surface area contributed by atoms with E-state index in [4.69, 9.17) is 11.6 Å². The fourth-order valence-corrected chi connectivity index (χ4v) is 3.01. The molecule has 0 aliphatic carbocycles. The number of aryl methyl sites for hydroxylation is 1. The normalized spacial score (nSPS) is 12.0. The van der Waals surface area contributed by atoms with Crippen molar-refractivity contribution in [3.05, 3.63) is 59.1 Å². The summed E-state index contributed by atoms with van der Waals surface area (Å²) in [5, 5.41) is 3.59. The van der Waals surface area contributed by atoms with Gasteiger partial charge in [-0.1, -0.05) is 36.7 Å². The molecule has 0 radical (unpaired) electrons. The van der Waals surface area contributed by atoms with Crippen LogP contribution in [0.1, 0.15) is 18.9 Å². The highest BCUT2D eigenvalue weighted by Crippen LogP contribution is 2.28. The smallest absolute Gasteiger partial charge is 0.237 e. The zero-order valence-corrected chi connectivity index (χ0v) is 13.7. The maximum Gasteiger partial charge on any atom is 0.237 e. The molecule has 0 bridgehead atoms. The summed E-state index contributed by atoms with van der Waals surface area (Å²) in [6.45, 7) is 4.01. The Morgan fingerprint density at radius 1 is 1.19 bits per heavy atom. The third-order valence-corrected chi connectivity index (χ3v) is 4.79. The number of rotatable bonds is 5. The Balaban J connectivity index is 2.05. The molecule has 0 saturated carbocycles. The van der Waals surface area contributed by atoms with Crippen LogP contribution in [0, 0.1) is 6.92 Å². The minimum Gasteiger partial charge on any atom is -0.325 e. The topological polar surface area (TPSA) is 29.1 Å². The minimum atomic E-state index is -0.120. The average molecular weight is 320 g/mol. The zero-order chi connectivity index (χ0) is 15.2. The third-order valence-electron chi connectivity index (χ3n) is 3.16. The second-order valence-corrected chi connectivity index (χ2v) is 6.49. The molecular formula is C17H18ClNOS. The van der Waals surface area contributed by atoms with E-state index in [-0.39, 0.29) is 11.2 Å². The predicted octanol–water partition coefficient (Wildman–Crippen LogP) is 5.16. The van der Waals surface area contributed by atoms with E-state index in [2.05, 4.69) is 5.32 Å². The summed E-state index contributed by atoms with van der Waals surface area (Å²) < 4.78 is 0. The summed E-state index contributed by atoms with van der Waals surface area (Å²) in [6.07, 6.45) is 0.769. The van der Waals surface area contributed by atoms with E-state index >= 15 is 0 Å². The summed E-state index contributed by atoms with van der Waals surface area (Å²) in [7, 11) is 0. The first-order chi connectivity index (χ1) is 10.1. The van der Waals surface area contributed by atoms with E-state index in [0.29, 0.717) is 5.02 Å². The van der Waals surface area contributed by atoms with Crippen molar-refractivity contribution < 1.29 is 4.79 Å². The van der Waals surface area contributed by atoms with E-state index in [1.807, 2.05) is 62.4 Å². The van der Waals surface area contributed by atoms with Crippen LogP contribution in [0.25, 0.3) is 0 Å². The highest BCUT2D eigenvalue weighted by Gasteiger charge is 2.18. The lowest BCUT2D eigenvalue weighted by molar-refractivity contribution is -0.115. The molecule has 0 spiro atoms. The van der Waals surface area contributed by atoms with Crippen LogP contribution in [-0.4, -0.2) is 11.2 Å². The van der Waals surface area contributed by atoms with Gasteiger partial charge in [0.05, 0.1) is 5.25 Å². The van der Waals surface area contributed by atoms with Crippen LogP contribution in [0.2, 0.25) is 5.02 Å². The van der Waals surface area contributed by atoms with Gasteiger partial charge in [0.25, 0.3) is 0 Å². The molecule has 2 rings (SSSR count). The van der Waals surface area contributed by atoms with Gasteiger partial charge in [-0.2, -0.15) is 0 Å². The Morgan fingerprint density at radius 3 is 2.48 bits per heavy atom. The maximum atomic E-state index is 12.4.